The van der Waals surface area contributed by atoms with Crippen LogP contribution in [0.3, 0.4) is 0 Å². The second-order valence-electron chi connectivity index (χ2n) is 8.24. The van der Waals surface area contributed by atoms with Crippen LogP contribution in [0.5, 0.6) is 0 Å². The number of unbranched alkanes of at least 4 members (excludes halogenated alkanes) is 14. The summed E-state index contributed by atoms with van der Waals surface area (Å²) in [7, 11) is 0. The molecule has 0 aromatic carbocycles. The lowest BCUT2D eigenvalue weighted by molar-refractivity contribution is -0.144. The van der Waals surface area contributed by atoms with Crippen LogP contribution in [0.2, 0.25) is 0 Å². The molecule has 0 aliphatic carbocycles. The molecule has 172 valence electrons. The van der Waals surface area contributed by atoms with Crippen molar-refractivity contribution in [3.05, 3.63) is 0 Å². The van der Waals surface area contributed by atoms with Gasteiger partial charge >= 0.3 is 11.9 Å². The van der Waals surface area contributed by atoms with Gasteiger partial charge < -0.3 is 9.47 Å². The second-order valence-corrected chi connectivity index (χ2v) is 8.24. The van der Waals surface area contributed by atoms with Crippen LogP contribution in [0.15, 0.2) is 0 Å². The van der Waals surface area contributed by atoms with Gasteiger partial charge in [-0.1, -0.05) is 97.3 Å². The van der Waals surface area contributed by atoms with E-state index < -0.39 is 0 Å². The molecule has 0 heterocycles. The van der Waals surface area contributed by atoms with Gasteiger partial charge in [0.15, 0.2) is 0 Å². The molecule has 0 bridgehead atoms. The topological polar surface area (TPSA) is 52.6 Å². The summed E-state index contributed by atoms with van der Waals surface area (Å²) in [6.45, 7) is 5.57. The summed E-state index contributed by atoms with van der Waals surface area (Å²) in [6, 6.07) is 0. The Labute approximate surface area is 180 Å². The largest absolute Gasteiger partial charge is 0.466 e. The van der Waals surface area contributed by atoms with E-state index in [9.17, 15) is 9.59 Å². The van der Waals surface area contributed by atoms with Gasteiger partial charge in [0.05, 0.1) is 13.2 Å². The highest BCUT2D eigenvalue weighted by atomic mass is 16.5. The maximum absolute atomic E-state index is 11.7. The molecule has 4 nitrogen and oxygen atoms in total. The quantitative estimate of drug-likeness (QED) is 0.136. The Morgan fingerprint density at radius 2 is 0.759 bits per heavy atom. The van der Waals surface area contributed by atoms with Gasteiger partial charge in [-0.3, -0.25) is 9.59 Å². The third-order valence-corrected chi connectivity index (χ3v) is 5.28. The standard InChI is InChI=1S/C25H48O4/c1-3-5-7-9-12-15-19-23-29-25(27)21-17-14-11-10-13-16-20-24(26)28-22-18-8-6-4-2/h3-23H2,1-2H3. The van der Waals surface area contributed by atoms with Gasteiger partial charge in [0.2, 0.25) is 0 Å². The molecule has 0 saturated carbocycles. The van der Waals surface area contributed by atoms with Crippen LogP contribution in [0.25, 0.3) is 0 Å². The first-order valence-corrected chi connectivity index (χ1v) is 12.5. The minimum absolute atomic E-state index is 0.0438. The third kappa shape index (κ3) is 23.1. The molecule has 0 N–H and O–H groups in total. The summed E-state index contributed by atoms with van der Waals surface area (Å²) in [5, 5.41) is 0. The molecule has 29 heavy (non-hydrogen) atoms. The van der Waals surface area contributed by atoms with Crippen LogP contribution >= 0.6 is 0 Å². The Bertz CT molecular complexity index is 368. The Morgan fingerprint density at radius 3 is 1.17 bits per heavy atom. The van der Waals surface area contributed by atoms with E-state index in [1.807, 2.05) is 0 Å². The SMILES string of the molecule is CCCCCCCCCOC(=O)CCCCCCCCC(=O)OCCCCCC. The molecule has 0 aromatic rings. The van der Waals surface area contributed by atoms with Gasteiger partial charge in [0.25, 0.3) is 0 Å². The van der Waals surface area contributed by atoms with Crippen molar-refractivity contribution in [2.75, 3.05) is 13.2 Å². The van der Waals surface area contributed by atoms with Crippen molar-refractivity contribution in [1.29, 1.82) is 0 Å². The van der Waals surface area contributed by atoms with Gasteiger partial charge in [-0.2, -0.15) is 0 Å². The Kier molecular flexibility index (Phi) is 22.4. The van der Waals surface area contributed by atoms with Crippen molar-refractivity contribution in [2.24, 2.45) is 0 Å². The van der Waals surface area contributed by atoms with E-state index in [4.69, 9.17) is 9.47 Å². The maximum atomic E-state index is 11.7. The monoisotopic (exact) mass is 412 g/mol. The number of esters is 2. The fraction of sp³-hybridized carbons (Fsp3) is 0.920. The van der Waals surface area contributed by atoms with Gasteiger partial charge in [-0.05, 0) is 25.7 Å². The summed E-state index contributed by atoms with van der Waals surface area (Å²) >= 11 is 0. The zero-order valence-electron chi connectivity index (χ0n) is 19.5. The smallest absolute Gasteiger partial charge is 0.305 e. The van der Waals surface area contributed by atoms with Crippen LogP contribution in [0.1, 0.15) is 136 Å². The first kappa shape index (κ1) is 27.9. The van der Waals surface area contributed by atoms with E-state index in [2.05, 4.69) is 13.8 Å². The molecule has 0 rings (SSSR count). The molecule has 0 amide bonds. The first-order valence-electron chi connectivity index (χ1n) is 12.5. The zero-order chi connectivity index (χ0) is 21.4. The van der Waals surface area contributed by atoms with Gasteiger partial charge in [0, 0.05) is 12.8 Å². The van der Waals surface area contributed by atoms with Crippen LogP contribution in [-0.4, -0.2) is 25.2 Å². The molecule has 4 heteroatoms. The van der Waals surface area contributed by atoms with Gasteiger partial charge in [-0.15, -0.1) is 0 Å². The van der Waals surface area contributed by atoms with E-state index in [-0.39, 0.29) is 11.9 Å². The molecule has 0 spiro atoms. The summed E-state index contributed by atoms with van der Waals surface area (Å²) in [5.74, 6) is -0.0946. The molecule has 0 aliphatic heterocycles. The van der Waals surface area contributed by atoms with Gasteiger partial charge in [0.1, 0.15) is 0 Å². The highest BCUT2D eigenvalue weighted by molar-refractivity contribution is 5.69. The summed E-state index contributed by atoms with van der Waals surface area (Å²) in [4.78, 5) is 23.3. The average Bonchev–Trinajstić information content (AvgIpc) is 2.71. The molecular formula is C25H48O4. The molecule has 0 aromatic heterocycles. The normalized spacial score (nSPS) is 10.8. The van der Waals surface area contributed by atoms with Crippen molar-refractivity contribution < 1.29 is 19.1 Å². The van der Waals surface area contributed by atoms with E-state index in [0.717, 1.165) is 57.8 Å². The highest BCUT2D eigenvalue weighted by Crippen LogP contribution is 2.11. The Morgan fingerprint density at radius 1 is 0.448 bits per heavy atom. The number of carbonyl (C=O) groups excluding carboxylic acids is 2. The highest BCUT2D eigenvalue weighted by Gasteiger charge is 2.04. The minimum atomic E-state index is -0.0507. The van der Waals surface area contributed by atoms with Crippen molar-refractivity contribution in [2.45, 2.75) is 136 Å². The van der Waals surface area contributed by atoms with E-state index >= 15 is 0 Å². The number of carbonyl (C=O) groups is 2. The fourth-order valence-electron chi connectivity index (χ4n) is 3.35. The molecule has 0 fully saturated rings. The summed E-state index contributed by atoms with van der Waals surface area (Å²) < 4.78 is 10.5. The molecule has 0 aliphatic rings. The van der Waals surface area contributed by atoms with Crippen molar-refractivity contribution in [1.82, 2.24) is 0 Å². The van der Waals surface area contributed by atoms with Crippen LogP contribution in [-0.2, 0) is 19.1 Å². The number of ether oxygens (including phenoxy) is 2. The molecule has 0 saturated heterocycles. The predicted molar refractivity (Wildman–Crippen MR) is 121 cm³/mol. The van der Waals surface area contributed by atoms with Crippen molar-refractivity contribution >= 4 is 11.9 Å². The Balaban J connectivity index is 3.25. The molecule has 0 radical (unpaired) electrons. The van der Waals surface area contributed by atoms with Crippen LogP contribution < -0.4 is 0 Å². The summed E-state index contributed by atoms with van der Waals surface area (Å²) in [5.41, 5.74) is 0. The van der Waals surface area contributed by atoms with E-state index in [1.165, 1.54) is 51.4 Å². The lowest BCUT2D eigenvalue weighted by Gasteiger charge is -2.06. The Hall–Kier alpha value is -1.06. The fourth-order valence-corrected chi connectivity index (χ4v) is 3.35. The minimum Gasteiger partial charge on any atom is -0.466 e. The second kappa shape index (κ2) is 23.2. The number of hydrogen-bond donors (Lipinski definition) is 0. The summed E-state index contributed by atoms with van der Waals surface area (Å²) in [6.07, 6.45) is 20.5. The average molecular weight is 413 g/mol. The third-order valence-electron chi connectivity index (χ3n) is 5.28. The van der Waals surface area contributed by atoms with E-state index in [0.29, 0.717) is 26.1 Å². The molecule has 0 atom stereocenters. The lowest BCUT2D eigenvalue weighted by Crippen LogP contribution is -2.06. The lowest BCUT2D eigenvalue weighted by atomic mass is 10.1. The zero-order valence-corrected chi connectivity index (χ0v) is 19.5. The first-order chi connectivity index (χ1) is 14.2. The molecular weight excluding hydrogens is 364 g/mol. The molecule has 0 unspecified atom stereocenters. The number of hydrogen-bond acceptors (Lipinski definition) is 4. The van der Waals surface area contributed by atoms with Crippen molar-refractivity contribution in [3.63, 3.8) is 0 Å². The van der Waals surface area contributed by atoms with Crippen molar-refractivity contribution in [3.8, 4) is 0 Å². The van der Waals surface area contributed by atoms with E-state index in [1.54, 1.807) is 0 Å². The maximum Gasteiger partial charge on any atom is 0.305 e. The predicted octanol–water partition coefficient (Wildman–Crippen LogP) is 7.52. The van der Waals surface area contributed by atoms with Crippen LogP contribution in [0, 0.1) is 0 Å². The van der Waals surface area contributed by atoms with Gasteiger partial charge in [-0.25, -0.2) is 0 Å². The number of rotatable bonds is 22. The van der Waals surface area contributed by atoms with Crippen LogP contribution in [0.4, 0.5) is 0 Å².